The summed E-state index contributed by atoms with van der Waals surface area (Å²) in [6.45, 7) is 3.46. The van der Waals surface area contributed by atoms with Gasteiger partial charge in [0.15, 0.2) is 0 Å². The van der Waals surface area contributed by atoms with Gasteiger partial charge in [-0.15, -0.1) is 0 Å². The molecule has 1 aliphatic carbocycles. The van der Waals surface area contributed by atoms with Crippen molar-refractivity contribution < 1.29 is 9.59 Å². The van der Waals surface area contributed by atoms with Crippen LogP contribution in [0.2, 0.25) is 0 Å². The van der Waals surface area contributed by atoms with Gasteiger partial charge in [0.25, 0.3) is 5.91 Å². The second-order valence-electron chi connectivity index (χ2n) is 8.88. The first-order chi connectivity index (χ1) is 15.2. The number of hydrogen-bond acceptors (Lipinski definition) is 4. The number of nitrogens with zero attached hydrogens (tertiary/aromatic N) is 4. The number of anilines is 1. The van der Waals surface area contributed by atoms with Gasteiger partial charge in [0.2, 0.25) is 5.91 Å². The fraction of sp³-hybridized carbons (Fsp3) is 0.480. The molecule has 0 radical (unpaired) electrons. The number of amides is 2. The highest BCUT2D eigenvalue weighted by molar-refractivity contribution is 6.11. The SMILES string of the molecule is O=C(C[C@@H]1c2ncccc2C(=O)N1c1ccccc1)N1CCN(C2CCCCC2)CC1. The van der Waals surface area contributed by atoms with Crippen LogP contribution in [0, 0.1) is 0 Å². The Kier molecular flexibility index (Phi) is 5.72. The lowest BCUT2D eigenvalue weighted by atomic mass is 9.94. The Morgan fingerprint density at radius 1 is 0.935 bits per heavy atom. The van der Waals surface area contributed by atoms with E-state index in [1.807, 2.05) is 41.3 Å². The third-order valence-corrected chi connectivity index (χ3v) is 7.08. The van der Waals surface area contributed by atoms with Gasteiger partial charge in [-0.3, -0.25) is 24.4 Å². The van der Waals surface area contributed by atoms with Gasteiger partial charge in [-0.05, 0) is 37.1 Å². The summed E-state index contributed by atoms with van der Waals surface area (Å²) in [5.74, 6) is 0.0368. The number of pyridine rings is 1. The van der Waals surface area contributed by atoms with Crippen LogP contribution in [0.3, 0.4) is 0 Å². The van der Waals surface area contributed by atoms with Gasteiger partial charge < -0.3 is 4.90 Å². The summed E-state index contributed by atoms with van der Waals surface area (Å²) in [6.07, 6.45) is 8.61. The van der Waals surface area contributed by atoms with Crippen LogP contribution < -0.4 is 4.90 Å². The summed E-state index contributed by atoms with van der Waals surface area (Å²) in [7, 11) is 0. The Labute approximate surface area is 183 Å². The number of para-hydroxylation sites is 1. The quantitative estimate of drug-likeness (QED) is 0.761. The summed E-state index contributed by atoms with van der Waals surface area (Å²) in [6, 6.07) is 13.6. The number of fused-ring (bicyclic) bond motifs is 1. The molecule has 2 fully saturated rings. The molecule has 0 unspecified atom stereocenters. The Balaban J connectivity index is 1.30. The maximum atomic E-state index is 13.3. The maximum Gasteiger partial charge on any atom is 0.260 e. The molecule has 2 amide bonds. The largest absolute Gasteiger partial charge is 0.340 e. The number of hydrogen-bond donors (Lipinski definition) is 0. The molecule has 1 atom stereocenters. The molecule has 5 rings (SSSR count). The Bertz CT molecular complexity index is 934. The van der Waals surface area contributed by atoms with E-state index in [1.165, 1.54) is 32.1 Å². The molecule has 0 N–H and O–H groups in total. The fourth-order valence-corrected chi connectivity index (χ4v) is 5.41. The molecule has 2 aromatic rings. The molecular formula is C25H30N4O2. The van der Waals surface area contributed by atoms with E-state index in [2.05, 4.69) is 9.88 Å². The van der Waals surface area contributed by atoms with Gasteiger partial charge >= 0.3 is 0 Å². The van der Waals surface area contributed by atoms with Crippen LogP contribution in [0.1, 0.15) is 60.6 Å². The molecule has 2 aliphatic heterocycles. The van der Waals surface area contributed by atoms with E-state index >= 15 is 0 Å². The van der Waals surface area contributed by atoms with Crippen LogP contribution in [-0.4, -0.2) is 58.8 Å². The molecule has 162 valence electrons. The summed E-state index contributed by atoms with van der Waals surface area (Å²) >= 11 is 0. The lowest BCUT2D eigenvalue weighted by Crippen LogP contribution is -2.52. The van der Waals surface area contributed by atoms with E-state index < -0.39 is 0 Å². The number of carbonyl (C=O) groups is 2. The van der Waals surface area contributed by atoms with Gasteiger partial charge in [-0.1, -0.05) is 37.5 Å². The zero-order valence-corrected chi connectivity index (χ0v) is 17.9. The lowest BCUT2D eigenvalue weighted by Gasteiger charge is -2.41. The first kappa shape index (κ1) is 20.2. The molecule has 1 saturated carbocycles. The number of aromatic nitrogens is 1. The van der Waals surface area contributed by atoms with Crippen LogP contribution in [-0.2, 0) is 4.79 Å². The standard InChI is InChI=1S/C25H30N4O2/c30-23(28-16-14-27(15-17-28)19-8-3-1-4-9-19)18-22-24-21(12-7-13-26-24)25(31)29(22)20-10-5-2-6-11-20/h2,5-7,10-13,19,22H,1,3-4,8-9,14-18H2/t22-/m1/s1. The van der Waals surface area contributed by atoms with Gasteiger partial charge in [-0.25, -0.2) is 0 Å². The summed E-state index contributed by atoms with van der Waals surface area (Å²) < 4.78 is 0. The van der Waals surface area contributed by atoms with Gasteiger partial charge in [-0.2, -0.15) is 0 Å². The fourth-order valence-electron chi connectivity index (χ4n) is 5.41. The zero-order valence-electron chi connectivity index (χ0n) is 17.9. The van der Waals surface area contributed by atoms with Crippen molar-refractivity contribution in [3.05, 3.63) is 59.9 Å². The van der Waals surface area contributed by atoms with Crippen molar-refractivity contribution in [2.45, 2.75) is 50.6 Å². The minimum atomic E-state index is -0.352. The predicted molar refractivity (Wildman–Crippen MR) is 120 cm³/mol. The van der Waals surface area contributed by atoms with E-state index in [0.717, 1.165) is 31.9 Å². The van der Waals surface area contributed by atoms with E-state index in [1.54, 1.807) is 17.2 Å². The van der Waals surface area contributed by atoms with Gasteiger partial charge in [0.05, 0.1) is 23.7 Å². The van der Waals surface area contributed by atoms with Crippen LogP contribution in [0.4, 0.5) is 5.69 Å². The van der Waals surface area contributed by atoms with E-state index in [-0.39, 0.29) is 24.3 Å². The monoisotopic (exact) mass is 418 g/mol. The van der Waals surface area contributed by atoms with Crippen molar-refractivity contribution in [2.75, 3.05) is 31.1 Å². The second kappa shape index (κ2) is 8.79. The van der Waals surface area contributed by atoms with Crippen molar-refractivity contribution in [1.29, 1.82) is 0 Å². The number of piperazine rings is 1. The molecule has 1 saturated heterocycles. The summed E-state index contributed by atoms with van der Waals surface area (Å²) in [4.78, 5) is 37.2. The third-order valence-electron chi connectivity index (χ3n) is 7.08. The minimum absolute atomic E-state index is 0.0748. The van der Waals surface area contributed by atoms with Crippen LogP contribution >= 0.6 is 0 Å². The topological polar surface area (TPSA) is 56.8 Å². The van der Waals surface area contributed by atoms with Crippen molar-refractivity contribution in [3.63, 3.8) is 0 Å². The van der Waals surface area contributed by atoms with Crippen molar-refractivity contribution in [2.24, 2.45) is 0 Å². The molecule has 3 aliphatic rings. The molecule has 3 heterocycles. The zero-order chi connectivity index (χ0) is 21.2. The highest BCUT2D eigenvalue weighted by Crippen LogP contribution is 2.38. The van der Waals surface area contributed by atoms with Crippen molar-refractivity contribution in [3.8, 4) is 0 Å². The smallest absolute Gasteiger partial charge is 0.260 e. The average molecular weight is 419 g/mol. The first-order valence-electron chi connectivity index (χ1n) is 11.6. The Morgan fingerprint density at radius 2 is 1.68 bits per heavy atom. The maximum absolute atomic E-state index is 13.3. The molecule has 0 spiro atoms. The molecule has 1 aromatic carbocycles. The Morgan fingerprint density at radius 3 is 2.42 bits per heavy atom. The highest BCUT2D eigenvalue weighted by atomic mass is 16.2. The molecule has 31 heavy (non-hydrogen) atoms. The predicted octanol–water partition coefficient (Wildman–Crippen LogP) is 3.65. The van der Waals surface area contributed by atoms with Crippen LogP contribution in [0.5, 0.6) is 0 Å². The van der Waals surface area contributed by atoms with Crippen LogP contribution in [0.25, 0.3) is 0 Å². The van der Waals surface area contributed by atoms with Crippen molar-refractivity contribution >= 4 is 17.5 Å². The lowest BCUT2D eigenvalue weighted by molar-refractivity contribution is -0.133. The molecule has 6 nitrogen and oxygen atoms in total. The van der Waals surface area contributed by atoms with E-state index in [4.69, 9.17) is 0 Å². The normalized spacial score (nSPS) is 22.6. The molecule has 1 aromatic heterocycles. The van der Waals surface area contributed by atoms with Gasteiger partial charge in [0.1, 0.15) is 0 Å². The van der Waals surface area contributed by atoms with Crippen LogP contribution in [0.15, 0.2) is 48.7 Å². The molecule has 0 bridgehead atoms. The minimum Gasteiger partial charge on any atom is -0.340 e. The van der Waals surface area contributed by atoms with Crippen molar-refractivity contribution in [1.82, 2.24) is 14.8 Å². The van der Waals surface area contributed by atoms with Gasteiger partial charge in [0, 0.05) is 44.1 Å². The first-order valence-corrected chi connectivity index (χ1v) is 11.6. The Hall–Kier alpha value is -2.73. The number of rotatable bonds is 4. The third kappa shape index (κ3) is 3.97. The summed E-state index contributed by atoms with van der Waals surface area (Å²) in [5, 5.41) is 0. The summed E-state index contributed by atoms with van der Waals surface area (Å²) in [5.41, 5.74) is 2.13. The van der Waals surface area contributed by atoms with E-state index in [0.29, 0.717) is 17.3 Å². The second-order valence-corrected chi connectivity index (χ2v) is 8.88. The molecule has 6 heteroatoms. The number of carbonyl (C=O) groups excluding carboxylic acids is 2. The number of benzene rings is 1. The molecular weight excluding hydrogens is 388 g/mol. The average Bonchev–Trinajstić information content (AvgIpc) is 3.12. The van der Waals surface area contributed by atoms with E-state index in [9.17, 15) is 9.59 Å². The highest BCUT2D eigenvalue weighted by Gasteiger charge is 2.41.